The molecule has 16 heavy (non-hydrogen) atoms. The third-order valence-electron chi connectivity index (χ3n) is 2.96. The van der Waals surface area contributed by atoms with Gasteiger partial charge in [-0.05, 0) is 53.5 Å². The van der Waals surface area contributed by atoms with Crippen molar-refractivity contribution in [3.05, 3.63) is 31.9 Å². The lowest BCUT2D eigenvalue weighted by molar-refractivity contribution is -0.384. The Bertz CT molecular complexity index is 405. The van der Waals surface area contributed by atoms with E-state index in [9.17, 15) is 10.1 Å². The molecule has 0 saturated heterocycles. The molecule has 0 heterocycles. The van der Waals surface area contributed by atoms with Crippen LogP contribution in [-0.4, -0.2) is 11.5 Å². The van der Waals surface area contributed by atoms with Crippen LogP contribution in [0.3, 0.4) is 0 Å². The highest BCUT2D eigenvalue weighted by Crippen LogP contribution is 2.30. The number of benzene rings is 1. The van der Waals surface area contributed by atoms with E-state index in [1.807, 2.05) is 6.07 Å². The number of nitrogens with zero attached hydrogens (tertiary/aromatic N) is 1. The second-order valence-corrected chi connectivity index (χ2v) is 5.34. The first kappa shape index (κ1) is 11.6. The van der Waals surface area contributed by atoms with Crippen molar-refractivity contribution < 1.29 is 4.92 Å². The number of rotatable bonds is 4. The predicted octanol–water partition coefficient (Wildman–Crippen LogP) is 3.41. The van der Waals surface area contributed by atoms with Crippen molar-refractivity contribution in [2.75, 3.05) is 11.9 Å². The average molecular weight is 332 g/mol. The maximum Gasteiger partial charge on any atom is 0.293 e. The highest BCUT2D eigenvalue weighted by molar-refractivity contribution is 14.1. The molecule has 0 bridgehead atoms. The molecule has 1 N–H and O–H groups in total. The summed E-state index contributed by atoms with van der Waals surface area (Å²) in [6, 6.07) is 5.28. The number of nitrogens with one attached hydrogen (secondary N) is 1. The van der Waals surface area contributed by atoms with E-state index in [1.54, 1.807) is 12.1 Å². The molecular weight excluding hydrogens is 319 g/mol. The van der Waals surface area contributed by atoms with Crippen molar-refractivity contribution in [3.63, 3.8) is 0 Å². The van der Waals surface area contributed by atoms with Gasteiger partial charge in [-0.15, -0.1) is 0 Å². The molecule has 0 amide bonds. The monoisotopic (exact) mass is 332 g/mol. The van der Waals surface area contributed by atoms with Gasteiger partial charge in [-0.25, -0.2) is 0 Å². The Hall–Kier alpha value is -0.850. The van der Waals surface area contributed by atoms with E-state index in [0.29, 0.717) is 11.6 Å². The average Bonchev–Trinajstić information content (AvgIpc) is 2.17. The van der Waals surface area contributed by atoms with E-state index >= 15 is 0 Å². The second-order valence-electron chi connectivity index (χ2n) is 4.10. The van der Waals surface area contributed by atoms with E-state index in [4.69, 9.17) is 0 Å². The summed E-state index contributed by atoms with van der Waals surface area (Å²) in [5.41, 5.74) is 0.809. The van der Waals surface area contributed by atoms with Gasteiger partial charge in [0.25, 0.3) is 5.69 Å². The molecule has 0 atom stereocenters. The van der Waals surface area contributed by atoms with Crippen LogP contribution in [0.4, 0.5) is 11.4 Å². The molecule has 1 aliphatic carbocycles. The minimum Gasteiger partial charge on any atom is -0.379 e. The molecule has 0 spiro atoms. The molecule has 86 valence electrons. The van der Waals surface area contributed by atoms with Crippen molar-refractivity contribution in [2.24, 2.45) is 5.92 Å². The molecule has 1 saturated carbocycles. The number of hydrogen-bond donors (Lipinski definition) is 1. The van der Waals surface area contributed by atoms with E-state index in [-0.39, 0.29) is 10.6 Å². The highest BCUT2D eigenvalue weighted by Gasteiger charge is 2.19. The Morgan fingerprint density at radius 1 is 1.50 bits per heavy atom. The van der Waals surface area contributed by atoms with Crippen LogP contribution in [0.1, 0.15) is 19.3 Å². The zero-order chi connectivity index (χ0) is 11.5. The third kappa shape index (κ3) is 2.63. The number of nitro groups is 1. The molecule has 4 nitrogen and oxygen atoms in total. The quantitative estimate of drug-likeness (QED) is 0.522. The maximum absolute atomic E-state index is 10.9. The summed E-state index contributed by atoms with van der Waals surface area (Å²) in [4.78, 5) is 10.5. The summed E-state index contributed by atoms with van der Waals surface area (Å²) < 4.78 is 0.887. The molecule has 0 aromatic heterocycles. The number of halogens is 1. The fraction of sp³-hybridized carbons (Fsp3) is 0.455. The summed E-state index contributed by atoms with van der Waals surface area (Å²) in [5, 5.41) is 14.0. The van der Waals surface area contributed by atoms with Gasteiger partial charge in [-0.1, -0.05) is 6.42 Å². The summed E-state index contributed by atoms with van der Waals surface area (Å²) in [5.74, 6) is 0.693. The molecule has 0 aliphatic heterocycles. The van der Waals surface area contributed by atoms with Crippen molar-refractivity contribution in [2.45, 2.75) is 19.3 Å². The Morgan fingerprint density at radius 3 is 2.81 bits per heavy atom. The first-order valence-electron chi connectivity index (χ1n) is 5.34. The normalized spacial score (nSPS) is 15.6. The molecule has 1 aromatic carbocycles. The van der Waals surface area contributed by atoms with E-state index in [0.717, 1.165) is 10.1 Å². The Morgan fingerprint density at radius 2 is 2.25 bits per heavy atom. The minimum atomic E-state index is -0.328. The topological polar surface area (TPSA) is 55.2 Å². The van der Waals surface area contributed by atoms with Crippen LogP contribution in [0.25, 0.3) is 0 Å². The van der Waals surface area contributed by atoms with Gasteiger partial charge < -0.3 is 5.32 Å². The minimum absolute atomic E-state index is 0.172. The summed E-state index contributed by atoms with van der Waals surface area (Å²) in [6.07, 6.45) is 3.78. The lowest BCUT2D eigenvalue weighted by Crippen LogP contribution is -2.21. The van der Waals surface area contributed by atoms with E-state index in [2.05, 4.69) is 27.9 Å². The lowest BCUT2D eigenvalue weighted by Gasteiger charge is -2.25. The molecule has 5 heteroatoms. The molecule has 0 radical (unpaired) electrons. The fourth-order valence-corrected chi connectivity index (χ4v) is 2.23. The van der Waals surface area contributed by atoms with Gasteiger partial charge in [0.1, 0.15) is 5.69 Å². The van der Waals surface area contributed by atoms with Crippen LogP contribution < -0.4 is 5.32 Å². The van der Waals surface area contributed by atoms with Gasteiger partial charge in [0, 0.05) is 16.2 Å². The molecule has 0 unspecified atom stereocenters. The SMILES string of the molecule is O=[N+]([O-])c1cc(I)ccc1NCC1CCC1. The number of hydrogen-bond acceptors (Lipinski definition) is 3. The van der Waals surface area contributed by atoms with Gasteiger partial charge >= 0.3 is 0 Å². The van der Waals surface area contributed by atoms with Crippen LogP contribution in [0, 0.1) is 19.6 Å². The summed E-state index contributed by atoms with van der Waals surface area (Å²) >= 11 is 2.08. The van der Waals surface area contributed by atoms with Crippen molar-refractivity contribution in [1.29, 1.82) is 0 Å². The Labute approximate surface area is 108 Å². The highest BCUT2D eigenvalue weighted by atomic mass is 127. The van der Waals surface area contributed by atoms with E-state index < -0.39 is 0 Å². The maximum atomic E-state index is 10.9. The number of nitro benzene ring substituents is 1. The van der Waals surface area contributed by atoms with Crippen LogP contribution in [0.15, 0.2) is 18.2 Å². The Kier molecular flexibility index (Phi) is 3.63. The molecule has 1 fully saturated rings. The smallest absolute Gasteiger partial charge is 0.293 e. The third-order valence-corrected chi connectivity index (χ3v) is 3.63. The Balaban J connectivity index is 2.08. The van der Waals surface area contributed by atoms with Crippen LogP contribution >= 0.6 is 22.6 Å². The van der Waals surface area contributed by atoms with Crippen molar-refractivity contribution in [1.82, 2.24) is 0 Å². The summed E-state index contributed by atoms with van der Waals surface area (Å²) in [6.45, 7) is 0.849. The largest absolute Gasteiger partial charge is 0.379 e. The predicted molar refractivity (Wildman–Crippen MR) is 71.6 cm³/mol. The second kappa shape index (κ2) is 4.99. The van der Waals surface area contributed by atoms with Crippen molar-refractivity contribution >= 4 is 34.0 Å². The van der Waals surface area contributed by atoms with Crippen molar-refractivity contribution in [3.8, 4) is 0 Å². The summed E-state index contributed by atoms with van der Waals surface area (Å²) in [7, 11) is 0. The molecule has 1 aromatic rings. The molecule has 1 aliphatic rings. The zero-order valence-electron chi connectivity index (χ0n) is 8.78. The first-order chi connectivity index (χ1) is 7.66. The van der Waals surface area contributed by atoms with Gasteiger partial charge in [-0.3, -0.25) is 10.1 Å². The van der Waals surface area contributed by atoms with E-state index in [1.165, 1.54) is 19.3 Å². The number of anilines is 1. The standard InChI is InChI=1S/C11H13IN2O2/c12-9-4-5-10(11(6-9)14(15)16)13-7-8-2-1-3-8/h4-6,8,13H,1-3,7H2. The van der Waals surface area contributed by atoms with Gasteiger partial charge in [-0.2, -0.15) is 0 Å². The van der Waals surface area contributed by atoms with Crippen LogP contribution in [0.2, 0.25) is 0 Å². The molecule has 2 rings (SSSR count). The van der Waals surface area contributed by atoms with Crippen LogP contribution in [-0.2, 0) is 0 Å². The first-order valence-corrected chi connectivity index (χ1v) is 6.42. The van der Waals surface area contributed by atoms with Gasteiger partial charge in [0.05, 0.1) is 4.92 Å². The van der Waals surface area contributed by atoms with Gasteiger partial charge in [0.2, 0.25) is 0 Å². The lowest BCUT2D eigenvalue weighted by atomic mass is 9.85. The zero-order valence-corrected chi connectivity index (χ0v) is 10.9. The van der Waals surface area contributed by atoms with Gasteiger partial charge in [0.15, 0.2) is 0 Å². The van der Waals surface area contributed by atoms with Crippen LogP contribution in [0.5, 0.6) is 0 Å². The molecular formula is C11H13IN2O2. The fourth-order valence-electron chi connectivity index (χ4n) is 1.76.